The molecule has 13 rings (SSSR count). The van der Waals surface area contributed by atoms with Crippen LogP contribution in [0.25, 0.3) is 105 Å². The molecule has 5 nitrogen and oxygen atoms in total. The Morgan fingerprint density at radius 1 is 0.422 bits per heavy atom. The van der Waals surface area contributed by atoms with Crippen molar-refractivity contribution in [3.05, 3.63) is 224 Å². The monoisotopic (exact) mass is 819 g/mol. The van der Waals surface area contributed by atoms with Crippen molar-refractivity contribution in [1.82, 2.24) is 23.7 Å². The lowest BCUT2D eigenvalue weighted by molar-refractivity contribution is 0.620. The molecule has 0 saturated carbocycles. The predicted octanol–water partition coefficient (Wildman–Crippen LogP) is 14.9. The highest BCUT2D eigenvalue weighted by molar-refractivity contribution is 6.22. The fourth-order valence-corrected chi connectivity index (χ4v) is 10.4. The van der Waals surface area contributed by atoms with Gasteiger partial charge in [0.1, 0.15) is 0 Å². The van der Waals surface area contributed by atoms with E-state index in [1.54, 1.807) is 0 Å². The average Bonchev–Trinajstić information content (AvgIpc) is 4.02. The molecule has 4 heterocycles. The van der Waals surface area contributed by atoms with E-state index in [0.29, 0.717) is 5.95 Å². The fourth-order valence-electron chi connectivity index (χ4n) is 10.4. The maximum atomic E-state index is 5.71. The maximum Gasteiger partial charge on any atom is 0.235 e. The van der Waals surface area contributed by atoms with E-state index in [0.717, 1.165) is 56.0 Å². The minimum Gasteiger partial charge on any atom is -0.309 e. The Kier molecular flexibility index (Phi) is 8.19. The zero-order valence-electron chi connectivity index (χ0n) is 35.2. The van der Waals surface area contributed by atoms with Crippen LogP contribution in [0.15, 0.2) is 218 Å². The Hall–Kier alpha value is -8.28. The van der Waals surface area contributed by atoms with E-state index in [4.69, 9.17) is 9.97 Å². The van der Waals surface area contributed by atoms with Gasteiger partial charge in [0.25, 0.3) is 0 Å². The zero-order chi connectivity index (χ0) is 42.3. The quantitative estimate of drug-likeness (QED) is 0.168. The molecule has 1 aliphatic carbocycles. The first-order valence-electron chi connectivity index (χ1n) is 22.1. The van der Waals surface area contributed by atoms with E-state index in [1.807, 2.05) is 0 Å². The van der Waals surface area contributed by atoms with Crippen molar-refractivity contribution < 1.29 is 0 Å². The Bertz CT molecular complexity index is 3850. The molecule has 12 aromatic rings. The second-order valence-electron chi connectivity index (χ2n) is 17.0. The summed E-state index contributed by atoms with van der Waals surface area (Å²) in [6, 6.07) is 70.0. The van der Waals surface area contributed by atoms with Gasteiger partial charge in [-0.1, -0.05) is 159 Å². The minimum atomic E-state index is 0.0403. The lowest BCUT2D eigenvalue weighted by Gasteiger charge is -2.23. The molecule has 8 aromatic carbocycles. The van der Waals surface area contributed by atoms with E-state index >= 15 is 0 Å². The van der Waals surface area contributed by atoms with E-state index in [9.17, 15) is 0 Å². The molecule has 0 spiro atoms. The molecule has 2 atom stereocenters. The van der Waals surface area contributed by atoms with Crippen LogP contribution in [0.5, 0.6) is 0 Å². The number of aromatic nitrogens is 5. The van der Waals surface area contributed by atoms with Gasteiger partial charge in [-0.05, 0) is 100 Å². The van der Waals surface area contributed by atoms with Gasteiger partial charge in [0.15, 0.2) is 0 Å². The summed E-state index contributed by atoms with van der Waals surface area (Å²) in [6.07, 6.45) is 8.91. The molecular weight excluding hydrogens is 779 g/mol. The molecule has 64 heavy (non-hydrogen) atoms. The maximum absolute atomic E-state index is 5.71. The Morgan fingerprint density at radius 3 is 1.77 bits per heavy atom. The summed E-state index contributed by atoms with van der Waals surface area (Å²) in [7, 11) is 0. The molecule has 0 saturated heterocycles. The summed E-state index contributed by atoms with van der Waals surface area (Å²) in [4.78, 5) is 11.3. The lowest BCUT2D eigenvalue weighted by atomic mass is 9.86. The van der Waals surface area contributed by atoms with Crippen LogP contribution >= 0.6 is 0 Å². The van der Waals surface area contributed by atoms with Gasteiger partial charge < -0.3 is 9.13 Å². The van der Waals surface area contributed by atoms with E-state index in [1.165, 1.54) is 48.9 Å². The number of hydrogen-bond acceptors (Lipinski definition) is 2. The topological polar surface area (TPSA) is 40.6 Å². The zero-order valence-corrected chi connectivity index (χ0v) is 35.2. The number of para-hydroxylation sites is 3. The molecule has 0 aliphatic heterocycles. The van der Waals surface area contributed by atoms with Crippen molar-refractivity contribution in [2.45, 2.75) is 12.8 Å². The van der Waals surface area contributed by atoms with Crippen molar-refractivity contribution in [2.24, 2.45) is 5.92 Å². The van der Waals surface area contributed by atoms with Gasteiger partial charge in [0, 0.05) is 38.8 Å². The van der Waals surface area contributed by atoms with Crippen molar-refractivity contribution >= 4 is 65.4 Å². The first-order valence-corrected chi connectivity index (χ1v) is 22.1. The Labute approximate surface area is 370 Å². The van der Waals surface area contributed by atoms with Gasteiger partial charge in [-0.3, -0.25) is 4.57 Å². The molecule has 1 aliphatic rings. The van der Waals surface area contributed by atoms with Crippen LogP contribution in [0.4, 0.5) is 0 Å². The summed E-state index contributed by atoms with van der Waals surface area (Å²) < 4.78 is 7.04. The SMILES string of the molecule is CC1C=CC=CC1c1nc(-n2c3ccc(-c4ccc5c(c4)c4ccccc4n5-c4ccccc4)cc3c3c4ccccc4ccc32)nc2cc(-c3ccccc3)n(-c3ccccc3)c12. The van der Waals surface area contributed by atoms with Gasteiger partial charge in [0.2, 0.25) is 5.95 Å². The van der Waals surface area contributed by atoms with Crippen LogP contribution in [0.3, 0.4) is 0 Å². The third-order valence-corrected chi connectivity index (χ3v) is 13.3. The molecule has 302 valence electrons. The summed E-state index contributed by atoms with van der Waals surface area (Å²) in [6.45, 7) is 2.29. The highest BCUT2D eigenvalue weighted by Gasteiger charge is 2.28. The fraction of sp³-hybridized carbons (Fsp3) is 0.0508. The van der Waals surface area contributed by atoms with Gasteiger partial charge in [-0.2, -0.15) is 0 Å². The van der Waals surface area contributed by atoms with Crippen LogP contribution in [0, 0.1) is 5.92 Å². The molecule has 4 aromatic heterocycles. The van der Waals surface area contributed by atoms with Crippen LogP contribution in [0.2, 0.25) is 0 Å². The number of fused-ring (bicyclic) bond motifs is 9. The number of rotatable bonds is 6. The highest BCUT2D eigenvalue weighted by Crippen LogP contribution is 2.43. The molecular formula is C59H41N5. The summed E-state index contributed by atoms with van der Waals surface area (Å²) in [5, 5.41) is 7.25. The van der Waals surface area contributed by atoms with Gasteiger partial charge in [0.05, 0.1) is 44.5 Å². The lowest BCUT2D eigenvalue weighted by Crippen LogP contribution is -2.14. The third kappa shape index (κ3) is 5.57. The van der Waals surface area contributed by atoms with Gasteiger partial charge >= 0.3 is 0 Å². The van der Waals surface area contributed by atoms with Crippen LogP contribution in [-0.2, 0) is 0 Å². The summed E-state index contributed by atoms with van der Waals surface area (Å²) in [5.74, 6) is 0.943. The van der Waals surface area contributed by atoms with Crippen molar-refractivity contribution in [3.63, 3.8) is 0 Å². The largest absolute Gasteiger partial charge is 0.309 e. The van der Waals surface area contributed by atoms with Gasteiger partial charge in [-0.25, -0.2) is 9.97 Å². The van der Waals surface area contributed by atoms with Crippen LogP contribution in [-0.4, -0.2) is 23.7 Å². The number of nitrogens with zero attached hydrogens (tertiary/aromatic N) is 5. The number of benzene rings is 8. The second kappa shape index (κ2) is 14.4. The van der Waals surface area contributed by atoms with E-state index in [-0.39, 0.29) is 11.8 Å². The summed E-state index contributed by atoms with van der Waals surface area (Å²) in [5.41, 5.74) is 14.3. The van der Waals surface area contributed by atoms with Gasteiger partial charge in [-0.15, -0.1) is 0 Å². The second-order valence-corrected chi connectivity index (χ2v) is 17.0. The molecule has 2 unspecified atom stereocenters. The van der Waals surface area contributed by atoms with E-state index < -0.39 is 0 Å². The molecule has 0 N–H and O–H groups in total. The molecule has 0 fully saturated rings. The standard InChI is InChI=1S/C59H41N5/c1-38-17-11-13-25-45(38)57-58-50(37-55(40-19-5-2-6-20-40)63(58)44-23-9-4-10-24-44)60-59(61-57)64-53-33-31-42(36-49(53)56-46-26-14-12-18-39(46)29-34-54(56)64)41-30-32-52-48(35-41)47-27-15-16-28-51(47)62(52)43-21-7-3-8-22-43/h2-38,45H,1H3. The summed E-state index contributed by atoms with van der Waals surface area (Å²) >= 11 is 0. The van der Waals surface area contributed by atoms with Crippen LogP contribution < -0.4 is 0 Å². The third-order valence-electron chi connectivity index (χ3n) is 13.3. The molecule has 0 radical (unpaired) electrons. The predicted molar refractivity (Wildman–Crippen MR) is 266 cm³/mol. The van der Waals surface area contributed by atoms with Crippen molar-refractivity contribution in [1.29, 1.82) is 0 Å². The molecule has 0 bridgehead atoms. The normalized spacial score (nSPS) is 15.1. The average molecular weight is 820 g/mol. The molecule has 5 heteroatoms. The van der Waals surface area contributed by atoms with Crippen LogP contribution in [0.1, 0.15) is 18.5 Å². The minimum absolute atomic E-state index is 0.0403. The Morgan fingerprint density at radius 2 is 1.02 bits per heavy atom. The number of hydrogen-bond donors (Lipinski definition) is 0. The first-order chi connectivity index (χ1) is 31.7. The first kappa shape index (κ1) is 36.4. The number of allylic oxidation sites excluding steroid dienone is 4. The smallest absolute Gasteiger partial charge is 0.235 e. The highest BCUT2D eigenvalue weighted by atomic mass is 15.2. The van der Waals surface area contributed by atoms with Crippen molar-refractivity contribution in [3.8, 4) is 39.7 Å². The molecule has 0 amide bonds. The van der Waals surface area contributed by atoms with Crippen molar-refractivity contribution in [2.75, 3.05) is 0 Å². The Balaban J connectivity index is 1.07. The van der Waals surface area contributed by atoms with E-state index in [2.05, 4.69) is 239 Å².